The van der Waals surface area contributed by atoms with Crippen LogP contribution in [0.5, 0.6) is 0 Å². The molecule has 1 saturated heterocycles. The molecular weight excluding hydrogens is 232 g/mol. The highest BCUT2D eigenvalue weighted by Crippen LogP contribution is 2.00. The summed E-state index contributed by atoms with van der Waals surface area (Å²) in [5.74, 6) is 1.81. The Bertz CT molecular complexity index is 282. The van der Waals surface area contributed by atoms with E-state index in [2.05, 4.69) is 10.8 Å². The van der Waals surface area contributed by atoms with E-state index in [1.54, 1.807) is 0 Å². The largest absolute Gasteiger partial charge is 0.481 e. The Labute approximate surface area is 109 Å². The van der Waals surface area contributed by atoms with Crippen LogP contribution in [-0.4, -0.2) is 73.4 Å². The summed E-state index contributed by atoms with van der Waals surface area (Å²) < 4.78 is 5.29. The fourth-order valence-corrected chi connectivity index (χ4v) is 2.00. The molecule has 5 heteroatoms. The maximum Gasteiger partial charge on any atom is 0.304 e. The Kier molecular flexibility index (Phi) is 7.42. The van der Waals surface area contributed by atoms with Crippen LogP contribution >= 0.6 is 0 Å². The quantitative estimate of drug-likeness (QED) is 0.624. The number of rotatable bonds is 8. The van der Waals surface area contributed by atoms with Crippen molar-refractivity contribution in [2.75, 3.05) is 52.5 Å². The molecule has 1 aliphatic heterocycles. The maximum atomic E-state index is 10.5. The van der Waals surface area contributed by atoms with Gasteiger partial charge in [0.15, 0.2) is 0 Å². The number of carboxylic acid groups (broad SMARTS) is 1. The molecule has 0 aromatic rings. The van der Waals surface area contributed by atoms with Crippen molar-refractivity contribution in [1.82, 2.24) is 9.80 Å². The topological polar surface area (TPSA) is 53.0 Å². The summed E-state index contributed by atoms with van der Waals surface area (Å²) in [5, 5.41) is 8.66. The molecule has 102 valence electrons. The summed E-state index contributed by atoms with van der Waals surface area (Å²) in [5.41, 5.74) is 0. The number of morpholine rings is 1. The number of aliphatic carboxylic acids is 1. The summed E-state index contributed by atoms with van der Waals surface area (Å²) in [6, 6.07) is 0. The molecule has 0 atom stereocenters. The minimum absolute atomic E-state index is 0.152. The van der Waals surface area contributed by atoms with Crippen LogP contribution in [0.1, 0.15) is 12.8 Å². The van der Waals surface area contributed by atoms with Crippen LogP contribution in [0.15, 0.2) is 0 Å². The number of nitrogens with zero attached hydrogens (tertiary/aromatic N) is 2. The van der Waals surface area contributed by atoms with Crippen LogP contribution < -0.4 is 0 Å². The molecule has 18 heavy (non-hydrogen) atoms. The van der Waals surface area contributed by atoms with E-state index in [4.69, 9.17) is 16.3 Å². The smallest absolute Gasteiger partial charge is 0.304 e. The van der Waals surface area contributed by atoms with Crippen LogP contribution in [-0.2, 0) is 9.53 Å². The number of hydrogen-bond acceptors (Lipinski definition) is 4. The predicted molar refractivity (Wildman–Crippen MR) is 69.4 cm³/mol. The lowest BCUT2D eigenvalue weighted by Crippen LogP contribution is -2.38. The van der Waals surface area contributed by atoms with Crippen LogP contribution in [0.3, 0.4) is 0 Å². The van der Waals surface area contributed by atoms with E-state index in [0.29, 0.717) is 13.1 Å². The predicted octanol–water partition coefficient (Wildman–Crippen LogP) is 0.119. The highest BCUT2D eigenvalue weighted by atomic mass is 16.5. The first-order chi connectivity index (χ1) is 8.72. The zero-order chi connectivity index (χ0) is 13.2. The van der Waals surface area contributed by atoms with Crippen molar-refractivity contribution >= 4 is 5.97 Å². The van der Waals surface area contributed by atoms with E-state index >= 15 is 0 Å². The molecule has 0 saturated carbocycles. The first-order valence-electron chi connectivity index (χ1n) is 6.40. The maximum absolute atomic E-state index is 10.5. The Morgan fingerprint density at radius 2 is 2.11 bits per heavy atom. The zero-order valence-corrected chi connectivity index (χ0v) is 10.8. The van der Waals surface area contributed by atoms with Crippen LogP contribution in [0.2, 0.25) is 0 Å². The summed E-state index contributed by atoms with van der Waals surface area (Å²) in [7, 11) is 0. The Morgan fingerprint density at radius 1 is 1.39 bits per heavy atom. The molecule has 1 heterocycles. The summed E-state index contributed by atoms with van der Waals surface area (Å²) >= 11 is 0. The van der Waals surface area contributed by atoms with Crippen molar-refractivity contribution in [3.63, 3.8) is 0 Å². The second-order valence-corrected chi connectivity index (χ2v) is 4.43. The van der Waals surface area contributed by atoms with Crippen molar-refractivity contribution in [3.05, 3.63) is 0 Å². The van der Waals surface area contributed by atoms with Gasteiger partial charge in [-0.15, -0.1) is 6.42 Å². The van der Waals surface area contributed by atoms with E-state index < -0.39 is 5.97 Å². The fourth-order valence-electron chi connectivity index (χ4n) is 2.00. The molecule has 0 aromatic carbocycles. The number of carboxylic acids is 1. The molecule has 0 bridgehead atoms. The van der Waals surface area contributed by atoms with Gasteiger partial charge in [-0.1, -0.05) is 5.92 Å². The number of hydrogen-bond donors (Lipinski definition) is 1. The normalized spacial score (nSPS) is 16.7. The molecule has 0 amide bonds. The van der Waals surface area contributed by atoms with Gasteiger partial charge in [-0.25, -0.2) is 0 Å². The molecular formula is C13H22N2O3. The van der Waals surface area contributed by atoms with Crippen LogP contribution in [0.25, 0.3) is 0 Å². The first kappa shape index (κ1) is 15.0. The van der Waals surface area contributed by atoms with Gasteiger partial charge in [-0.2, -0.15) is 0 Å². The van der Waals surface area contributed by atoms with E-state index in [1.165, 1.54) is 0 Å². The lowest BCUT2D eigenvalue weighted by molar-refractivity contribution is -0.137. The van der Waals surface area contributed by atoms with E-state index in [1.807, 2.05) is 4.90 Å². The molecule has 0 aromatic heterocycles. The molecule has 5 nitrogen and oxygen atoms in total. The Morgan fingerprint density at radius 3 is 2.72 bits per heavy atom. The minimum Gasteiger partial charge on any atom is -0.481 e. The third-order valence-electron chi connectivity index (χ3n) is 3.01. The number of ether oxygens (including phenoxy) is 1. The van der Waals surface area contributed by atoms with E-state index in [0.717, 1.165) is 45.8 Å². The zero-order valence-electron chi connectivity index (χ0n) is 10.8. The fraction of sp³-hybridized carbons (Fsp3) is 0.769. The molecule has 1 aliphatic rings. The molecule has 0 radical (unpaired) electrons. The average molecular weight is 254 g/mol. The molecule has 1 N–H and O–H groups in total. The van der Waals surface area contributed by atoms with Crippen LogP contribution in [0, 0.1) is 12.3 Å². The van der Waals surface area contributed by atoms with Gasteiger partial charge < -0.3 is 9.84 Å². The summed E-state index contributed by atoms with van der Waals surface area (Å²) in [4.78, 5) is 14.9. The lowest BCUT2D eigenvalue weighted by atomic mass is 10.3. The highest BCUT2D eigenvalue weighted by Gasteiger charge is 2.11. The second-order valence-electron chi connectivity index (χ2n) is 4.43. The van der Waals surface area contributed by atoms with Crippen molar-refractivity contribution in [3.8, 4) is 12.3 Å². The van der Waals surface area contributed by atoms with Gasteiger partial charge in [-0.05, 0) is 13.0 Å². The highest BCUT2D eigenvalue weighted by molar-refractivity contribution is 5.66. The number of terminal acetylenes is 1. The lowest BCUT2D eigenvalue weighted by Gasteiger charge is -2.27. The molecule has 0 aliphatic carbocycles. The Hall–Kier alpha value is -1.09. The summed E-state index contributed by atoms with van der Waals surface area (Å²) in [6.07, 6.45) is 6.45. The molecule has 0 unspecified atom stereocenters. The first-order valence-corrected chi connectivity index (χ1v) is 6.40. The van der Waals surface area contributed by atoms with Gasteiger partial charge in [0, 0.05) is 26.2 Å². The second kappa shape index (κ2) is 8.92. The van der Waals surface area contributed by atoms with Crippen molar-refractivity contribution in [1.29, 1.82) is 0 Å². The van der Waals surface area contributed by atoms with Crippen molar-refractivity contribution in [2.45, 2.75) is 12.8 Å². The Balaban J connectivity index is 2.15. The van der Waals surface area contributed by atoms with Gasteiger partial charge in [-0.3, -0.25) is 14.6 Å². The van der Waals surface area contributed by atoms with Crippen molar-refractivity contribution < 1.29 is 14.6 Å². The van der Waals surface area contributed by atoms with Gasteiger partial charge >= 0.3 is 5.97 Å². The van der Waals surface area contributed by atoms with Gasteiger partial charge in [0.1, 0.15) is 0 Å². The van der Waals surface area contributed by atoms with Crippen molar-refractivity contribution in [2.24, 2.45) is 0 Å². The van der Waals surface area contributed by atoms with E-state index in [9.17, 15) is 4.79 Å². The minimum atomic E-state index is -0.773. The molecule has 1 fully saturated rings. The third kappa shape index (κ3) is 6.60. The average Bonchev–Trinajstić information content (AvgIpc) is 2.37. The summed E-state index contributed by atoms with van der Waals surface area (Å²) in [6.45, 7) is 6.54. The van der Waals surface area contributed by atoms with Gasteiger partial charge in [0.2, 0.25) is 0 Å². The SMILES string of the molecule is C#CCN(CCCN1CCOCC1)CCC(=O)O. The molecule has 0 spiro atoms. The van der Waals surface area contributed by atoms with Gasteiger partial charge in [0.25, 0.3) is 0 Å². The molecule has 1 rings (SSSR count). The monoisotopic (exact) mass is 254 g/mol. The van der Waals surface area contributed by atoms with Gasteiger partial charge in [0.05, 0.1) is 26.2 Å². The third-order valence-corrected chi connectivity index (χ3v) is 3.01. The standard InChI is InChI=1S/C13H22N2O3/c1-2-5-14(8-4-13(16)17)6-3-7-15-9-11-18-12-10-15/h1H,3-12H2,(H,16,17). The van der Waals surface area contributed by atoms with Crippen LogP contribution in [0.4, 0.5) is 0 Å². The van der Waals surface area contributed by atoms with E-state index in [-0.39, 0.29) is 6.42 Å². The number of carbonyl (C=O) groups is 1.